The molecule has 0 bridgehead atoms. The van der Waals surface area contributed by atoms with E-state index in [2.05, 4.69) is 14.9 Å². The summed E-state index contributed by atoms with van der Waals surface area (Å²) in [7, 11) is 0. The van der Waals surface area contributed by atoms with Crippen molar-refractivity contribution in [2.45, 2.75) is 26.3 Å². The molecule has 3 aromatic rings. The molecule has 4 rings (SSSR count). The minimum absolute atomic E-state index is 0.0728. The molecular weight excluding hydrogens is 380 g/mol. The van der Waals surface area contributed by atoms with E-state index in [0.29, 0.717) is 24.2 Å². The fourth-order valence-corrected chi connectivity index (χ4v) is 5.20. The lowest BCUT2D eigenvalue weighted by Gasteiger charge is -2.34. The Kier molecular flexibility index (Phi) is 5.38. The van der Waals surface area contributed by atoms with Crippen LogP contribution in [0.4, 0.5) is 0 Å². The molecule has 1 amide bonds. The third-order valence-electron chi connectivity index (χ3n) is 4.84. The number of fused-ring (bicyclic) bond motifs is 1. The van der Waals surface area contributed by atoms with E-state index < -0.39 is 0 Å². The number of amides is 1. The fraction of sp³-hybridized carbons (Fsp3) is 0.421. The number of carbonyl (C=O) groups excluding carboxylic acids is 1. The first kappa shape index (κ1) is 18.3. The predicted octanol–water partition coefficient (Wildman–Crippen LogP) is 3.16. The van der Waals surface area contributed by atoms with Gasteiger partial charge in [0.2, 0.25) is 5.91 Å². The number of aromatic nitrogens is 2. The van der Waals surface area contributed by atoms with Crippen molar-refractivity contribution in [3.63, 3.8) is 0 Å². The number of hydrogen-bond acceptors (Lipinski definition) is 6. The van der Waals surface area contributed by atoms with Gasteiger partial charge in [-0.1, -0.05) is 13.0 Å². The molecule has 1 fully saturated rings. The fourth-order valence-electron chi connectivity index (χ4n) is 3.42. The lowest BCUT2D eigenvalue weighted by molar-refractivity contribution is -0.133. The first-order chi connectivity index (χ1) is 13.2. The quantitative estimate of drug-likeness (QED) is 0.712. The van der Waals surface area contributed by atoms with Crippen LogP contribution in [-0.4, -0.2) is 51.9 Å². The third kappa shape index (κ3) is 3.83. The van der Waals surface area contributed by atoms with Gasteiger partial charge < -0.3 is 9.88 Å². The molecule has 0 radical (unpaired) electrons. The van der Waals surface area contributed by atoms with Crippen LogP contribution in [0.5, 0.6) is 0 Å². The van der Waals surface area contributed by atoms with E-state index in [1.807, 2.05) is 34.7 Å². The summed E-state index contributed by atoms with van der Waals surface area (Å²) in [5, 5.41) is 4.71. The Labute approximate surface area is 165 Å². The number of H-pyrrole nitrogens is 1. The van der Waals surface area contributed by atoms with Crippen LogP contribution in [0.1, 0.15) is 25.6 Å². The van der Waals surface area contributed by atoms with E-state index in [9.17, 15) is 9.59 Å². The molecule has 0 aliphatic carbocycles. The molecule has 27 heavy (non-hydrogen) atoms. The standard InChI is InChI=1S/C19H22N4O2S2/c1-2-4-16(24)23-8-6-22(7-9-23)11-15-20-18(25)17-13(12-27-19(17)21-15)14-5-3-10-26-14/h3,5,10,12H,2,4,6-9,11H2,1H3,(H,20,21,25). The topological polar surface area (TPSA) is 69.3 Å². The van der Waals surface area contributed by atoms with Crippen LogP contribution >= 0.6 is 22.7 Å². The monoisotopic (exact) mass is 402 g/mol. The number of nitrogens with zero attached hydrogens (tertiary/aromatic N) is 3. The van der Waals surface area contributed by atoms with Gasteiger partial charge in [0.25, 0.3) is 5.56 Å². The average Bonchev–Trinajstić information content (AvgIpc) is 3.32. The third-order valence-corrected chi connectivity index (χ3v) is 6.62. The maximum absolute atomic E-state index is 12.7. The Bertz CT molecular complexity index is 985. The molecule has 1 aliphatic heterocycles. The SMILES string of the molecule is CCCC(=O)N1CCN(Cc2nc3scc(-c4cccs4)c3c(=O)[nH]2)CC1. The molecule has 1 aliphatic rings. The lowest BCUT2D eigenvalue weighted by Crippen LogP contribution is -2.48. The zero-order chi connectivity index (χ0) is 18.8. The molecule has 1 N–H and O–H groups in total. The Morgan fingerprint density at radius 1 is 1.26 bits per heavy atom. The Balaban J connectivity index is 1.48. The van der Waals surface area contributed by atoms with E-state index in [0.717, 1.165) is 47.9 Å². The van der Waals surface area contributed by atoms with E-state index in [-0.39, 0.29) is 11.5 Å². The van der Waals surface area contributed by atoms with Gasteiger partial charge in [-0.2, -0.15) is 0 Å². The highest BCUT2D eigenvalue weighted by atomic mass is 32.1. The summed E-state index contributed by atoms with van der Waals surface area (Å²) in [6.45, 7) is 5.73. The van der Waals surface area contributed by atoms with Crippen LogP contribution in [0, 0.1) is 0 Å². The van der Waals surface area contributed by atoms with E-state index in [1.54, 1.807) is 11.3 Å². The molecule has 142 valence electrons. The van der Waals surface area contributed by atoms with Gasteiger partial charge in [-0.25, -0.2) is 4.98 Å². The summed E-state index contributed by atoms with van der Waals surface area (Å²) in [6, 6.07) is 4.02. The summed E-state index contributed by atoms with van der Waals surface area (Å²) >= 11 is 3.14. The number of piperazine rings is 1. The number of aromatic amines is 1. The molecule has 8 heteroatoms. The van der Waals surface area contributed by atoms with Crippen LogP contribution in [0.2, 0.25) is 0 Å². The van der Waals surface area contributed by atoms with Crippen LogP contribution in [0.15, 0.2) is 27.7 Å². The van der Waals surface area contributed by atoms with Crippen LogP contribution in [0.3, 0.4) is 0 Å². The zero-order valence-electron chi connectivity index (χ0n) is 15.2. The number of thiophene rings is 2. The maximum atomic E-state index is 12.7. The minimum Gasteiger partial charge on any atom is -0.340 e. The summed E-state index contributed by atoms with van der Waals surface area (Å²) in [5.74, 6) is 0.935. The Morgan fingerprint density at radius 3 is 2.78 bits per heavy atom. The number of rotatable bonds is 5. The van der Waals surface area contributed by atoms with Crippen LogP contribution in [0.25, 0.3) is 20.7 Å². The summed E-state index contributed by atoms with van der Waals surface area (Å²) in [5.41, 5.74) is 0.893. The van der Waals surface area contributed by atoms with E-state index >= 15 is 0 Å². The Morgan fingerprint density at radius 2 is 2.07 bits per heavy atom. The Hall–Kier alpha value is -2.03. The molecule has 4 heterocycles. The molecule has 0 aromatic carbocycles. The second-order valence-corrected chi connectivity index (χ2v) is 8.53. The van der Waals surface area contributed by atoms with Gasteiger partial charge in [0, 0.05) is 48.4 Å². The van der Waals surface area contributed by atoms with Crippen molar-refractivity contribution >= 4 is 38.8 Å². The largest absolute Gasteiger partial charge is 0.340 e. The summed E-state index contributed by atoms with van der Waals surface area (Å²) in [4.78, 5) is 38.4. The molecule has 0 atom stereocenters. The maximum Gasteiger partial charge on any atom is 0.260 e. The minimum atomic E-state index is -0.0728. The molecule has 6 nitrogen and oxygen atoms in total. The van der Waals surface area contributed by atoms with Crippen LogP contribution < -0.4 is 5.56 Å². The normalized spacial score (nSPS) is 15.5. The first-order valence-electron chi connectivity index (χ1n) is 9.20. The van der Waals surface area contributed by atoms with Crippen molar-refractivity contribution in [3.8, 4) is 10.4 Å². The number of carbonyl (C=O) groups is 1. The summed E-state index contributed by atoms with van der Waals surface area (Å²) < 4.78 is 0. The highest BCUT2D eigenvalue weighted by Gasteiger charge is 2.21. The molecule has 3 aromatic heterocycles. The van der Waals surface area contributed by atoms with Gasteiger partial charge in [0.05, 0.1) is 11.9 Å². The highest BCUT2D eigenvalue weighted by molar-refractivity contribution is 7.18. The molecular formula is C19H22N4O2S2. The molecule has 1 saturated heterocycles. The molecule has 0 spiro atoms. The smallest absolute Gasteiger partial charge is 0.260 e. The van der Waals surface area contributed by atoms with Crippen molar-refractivity contribution < 1.29 is 4.79 Å². The average molecular weight is 403 g/mol. The van der Waals surface area contributed by atoms with Crippen LogP contribution in [-0.2, 0) is 11.3 Å². The second kappa shape index (κ2) is 7.92. The van der Waals surface area contributed by atoms with Crippen molar-refractivity contribution in [2.75, 3.05) is 26.2 Å². The van der Waals surface area contributed by atoms with E-state index in [1.165, 1.54) is 11.3 Å². The van der Waals surface area contributed by atoms with Crippen molar-refractivity contribution in [2.24, 2.45) is 0 Å². The van der Waals surface area contributed by atoms with E-state index in [4.69, 9.17) is 0 Å². The van der Waals surface area contributed by atoms with Crippen molar-refractivity contribution in [3.05, 3.63) is 39.1 Å². The number of nitrogens with one attached hydrogen (secondary N) is 1. The number of hydrogen-bond donors (Lipinski definition) is 1. The lowest BCUT2D eigenvalue weighted by atomic mass is 10.2. The second-order valence-electron chi connectivity index (χ2n) is 6.73. The summed E-state index contributed by atoms with van der Waals surface area (Å²) in [6.07, 6.45) is 1.51. The van der Waals surface area contributed by atoms with Gasteiger partial charge in [0.1, 0.15) is 10.7 Å². The molecule has 0 saturated carbocycles. The van der Waals surface area contributed by atoms with Gasteiger partial charge in [-0.15, -0.1) is 22.7 Å². The van der Waals surface area contributed by atoms with Gasteiger partial charge in [-0.3, -0.25) is 14.5 Å². The van der Waals surface area contributed by atoms with Crippen molar-refractivity contribution in [1.29, 1.82) is 0 Å². The zero-order valence-corrected chi connectivity index (χ0v) is 16.9. The molecule has 0 unspecified atom stereocenters. The van der Waals surface area contributed by atoms with Gasteiger partial charge in [0.15, 0.2) is 0 Å². The van der Waals surface area contributed by atoms with Gasteiger partial charge >= 0.3 is 0 Å². The first-order valence-corrected chi connectivity index (χ1v) is 11.0. The highest BCUT2D eigenvalue weighted by Crippen LogP contribution is 2.33. The predicted molar refractivity (Wildman–Crippen MR) is 110 cm³/mol. The van der Waals surface area contributed by atoms with Crippen molar-refractivity contribution in [1.82, 2.24) is 19.8 Å². The van der Waals surface area contributed by atoms with Gasteiger partial charge in [-0.05, 0) is 17.9 Å².